The molecule has 0 radical (unpaired) electrons. The van der Waals surface area contributed by atoms with Crippen LogP contribution < -0.4 is 0 Å². The van der Waals surface area contributed by atoms with E-state index in [4.69, 9.17) is 0 Å². The highest BCUT2D eigenvalue weighted by Crippen LogP contribution is 2.25. The van der Waals surface area contributed by atoms with E-state index in [0.29, 0.717) is 12.8 Å². The summed E-state index contributed by atoms with van der Waals surface area (Å²) >= 11 is 0. The van der Waals surface area contributed by atoms with Gasteiger partial charge in [-0.15, -0.1) is 0 Å². The zero-order valence-corrected chi connectivity index (χ0v) is 11.0. The second kappa shape index (κ2) is 5.34. The minimum Gasteiger partial charge on any atom is -0.390 e. The number of hydrogen-bond donors (Lipinski definition) is 1. The molecule has 8 heteroatoms. The summed E-state index contributed by atoms with van der Waals surface area (Å²) < 4.78 is 60.5. The molecule has 0 atom stereocenters. The van der Waals surface area contributed by atoms with Crippen molar-refractivity contribution in [1.82, 2.24) is 4.31 Å². The molecule has 0 aromatic rings. The number of halogens is 3. The van der Waals surface area contributed by atoms with Crippen molar-refractivity contribution in [1.29, 1.82) is 0 Å². The van der Waals surface area contributed by atoms with Crippen molar-refractivity contribution in [3.8, 4) is 0 Å². The number of rotatable bonds is 4. The van der Waals surface area contributed by atoms with Gasteiger partial charge in [-0.3, -0.25) is 0 Å². The highest BCUT2D eigenvalue weighted by molar-refractivity contribution is 7.89. The van der Waals surface area contributed by atoms with Crippen molar-refractivity contribution in [2.75, 3.05) is 18.8 Å². The van der Waals surface area contributed by atoms with E-state index in [2.05, 4.69) is 0 Å². The van der Waals surface area contributed by atoms with E-state index in [1.807, 2.05) is 0 Å². The third kappa shape index (κ3) is 5.11. The van der Waals surface area contributed by atoms with Crippen LogP contribution in [0.15, 0.2) is 0 Å². The van der Waals surface area contributed by atoms with Crippen LogP contribution in [-0.4, -0.2) is 48.4 Å². The molecule has 1 rings (SSSR count). The molecule has 0 bridgehead atoms. The quantitative estimate of drug-likeness (QED) is 0.853. The molecule has 0 aromatic heterocycles. The monoisotopic (exact) mass is 289 g/mol. The molecule has 0 unspecified atom stereocenters. The van der Waals surface area contributed by atoms with Crippen LogP contribution in [0.1, 0.15) is 32.6 Å². The summed E-state index contributed by atoms with van der Waals surface area (Å²) in [5.41, 5.74) is -0.877. The molecule has 1 saturated heterocycles. The lowest BCUT2D eigenvalue weighted by atomic mass is 9.95. The van der Waals surface area contributed by atoms with Gasteiger partial charge in [-0.1, -0.05) is 0 Å². The van der Waals surface area contributed by atoms with E-state index in [9.17, 15) is 26.7 Å². The minimum absolute atomic E-state index is 0.168. The van der Waals surface area contributed by atoms with Crippen LogP contribution >= 0.6 is 0 Å². The van der Waals surface area contributed by atoms with E-state index in [-0.39, 0.29) is 13.1 Å². The molecule has 0 aromatic carbocycles. The molecule has 0 saturated carbocycles. The van der Waals surface area contributed by atoms with Crippen molar-refractivity contribution >= 4 is 10.0 Å². The summed E-state index contributed by atoms with van der Waals surface area (Å²) in [6, 6.07) is 0. The average molecular weight is 289 g/mol. The normalized spacial score (nSPS) is 22.1. The fraction of sp³-hybridized carbons (Fsp3) is 1.00. The number of piperidine rings is 1. The Hall–Kier alpha value is -0.340. The first-order chi connectivity index (χ1) is 8.02. The molecule has 1 aliphatic heterocycles. The maximum Gasteiger partial charge on any atom is 0.389 e. The van der Waals surface area contributed by atoms with Gasteiger partial charge in [0.2, 0.25) is 10.0 Å². The largest absolute Gasteiger partial charge is 0.390 e. The lowest BCUT2D eigenvalue weighted by molar-refractivity contribution is -0.134. The van der Waals surface area contributed by atoms with Crippen LogP contribution in [0.2, 0.25) is 0 Å². The van der Waals surface area contributed by atoms with Crippen LogP contribution in [-0.2, 0) is 10.0 Å². The Morgan fingerprint density at radius 1 is 1.28 bits per heavy atom. The zero-order chi connectivity index (χ0) is 14.0. The van der Waals surface area contributed by atoms with Crippen LogP contribution in [0.3, 0.4) is 0 Å². The highest BCUT2D eigenvalue weighted by Gasteiger charge is 2.34. The molecule has 1 aliphatic rings. The Morgan fingerprint density at radius 3 is 2.22 bits per heavy atom. The van der Waals surface area contributed by atoms with Gasteiger partial charge in [-0.05, 0) is 26.2 Å². The standard InChI is InChI=1S/C10H18F3NO3S/c1-9(15)4-6-14(7-5-9)18(16,17)8-2-3-10(11,12)13/h15H,2-8H2,1H3. The lowest BCUT2D eigenvalue weighted by Gasteiger charge is -2.35. The van der Waals surface area contributed by atoms with Gasteiger partial charge in [-0.2, -0.15) is 13.2 Å². The number of alkyl halides is 3. The first kappa shape index (κ1) is 15.7. The average Bonchev–Trinajstić information content (AvgIpc) is 2.14. The van der Waals surface area contributed by atoms with Gasteiger partial charge in [0.1, 0.15) is 0 Å². The van der Waals surface area contributed by atoms with Gasteiger partial charge in [0.25, 0.3) is 0 Å². The Balaban J connectivity index is 2.45. The first-order valence-electron chi connectivity index (χ1n) is 5.79. The minimum atomic E-state index is -4.32. The fourth-order valence-electron chi connectivity index (χ4n) is 1.83. The van der Waals surface area contributed by atoms with Crippen molar-refractivity contribution in [2.45, 2.75) is 44.4 Å². The molecule has 18 heavy (non-hydrogen) atoms. The summed E-state index contributed by atoms with van der Waals surface area (Å²) in [7, 11) is -3.63. The van der Waals surface area contributed by atoms with Crippen molar-refractivity contribution in [2.24, 2.45) is 0 Å². The molecule has 1 N–H and O–H groups in total. The fourth-order valence-corrected chi connectivity index (χ4v) is 3.34. The van der Waals surface area contributed by atoms with Gasteiger partial charge >= 0.3 is 6.18 Å². The van der Waals surface area contributed by atoms with Crippen LogP contribution in [0.5, 0.6) is 0 Å². The Morgan fingerprint density at radius 2 is 1.78 bits per heavy atom. The molecular weight excluding hydrogens is 271 g/mol. The SMILES string of the molecule is CC1(O)CCN(S(=O)(=O)CCCC(F)(F)F)CC1. The maximum absolute atomic E-state index is 11.9. The second-order valence-corrected chi connectivity index (χ2v) is 7.02. The zero-order valence-electron chi connectivity index (χ0n) is 10.2. The third-order valence-electron chi connectivity index (χ3n) is 3.06. The predicted octanol–water partition coefficient (Wildman–Crippen LogP) is 1.51. The number of hydrogen-bond acceptors (Lipinski definition) is 3. The van der Waals surface area contributed by atoms with Gasteiger partial charge in [0.15, 0.2) is 0 Å². The summed E-state index contributed by atoms with van der Waals surface area (Å²) in [6.07, 6.45) is -5.20. The van der Waals surface area contributed by atoms with Gasteiger partial charge < -0.3 is 5.11 Å². The first-order valence-corrected chi connectivity index (χ1v) is 7.40. The Bertz CT molecular complexity index is 368. The molecule has 1 heterocycles. The maximum atomic E-state index is 11.9. The van der Waals surface area contributed by atoms with Crippen LogP contribution in [0, 0.1) is 0 Å². The van der Waals surface area contributed by atoms with Gasteiger partial charge in [0.05, 0.1) is 11.4 Å². The predicted molar refractivity (Wildman–Crippen MR) is 60.5 cm³/mol. The summed E-state index contributed by atoms with van der Waals surface area (Å²) in [5.74, 6) is -0.491. The lowest BCUT2D eigenvalue weighted by Crippen LogP contribution is -2.45. The molecule has 0 amide bonds. The molecule has 108 valence electrons. The van der Waals surface area contributed by atoms with Crippen molar-refractivity contribution < 1.29 is 26.7 Å². The molecule has 0 spiro atoms. The summed E-state index contributed by atoms with van der Waals surface area (Å²) in [6.45, 7) is 1.96. The van der Waals surface area contributed by atoms with Crippen molar-refractivity contribution in [3.05, 3.63) is 0 Å². The summed E-state index contributed by atoms with van der Waals surface area (Å²) in [5, 5.41) is 9.67. The Labute approximate surface area is 105 Å². The Kier molecular flexibility index (Phi) is 4.66. The van der Waals surface area contributed by atoms with Gasteiger partial charge in [-0.25, -0.2) is 12.7 Å². The molecule has 0 aliphatic carbocycles. The van der Waals surface area contributed by atoms with Crippen LogP contribution in [0.25, 0.3) is 0 Å². The number of sulfonamides is 1. The van der Waals surface area contributed by atoms with E-state index >= 15 is 0 Å². The summed E-state index contributed by atoms with van der Waals surface area (Å²) in [4.78, 5) is 0. The number of nitrogens with zero attached hydrogens (tertiary/aromatic N) is 1. The van der Waals surface area contributed by atoms with Gasteiger partial charge in [0, 0.05) is 19.5 Å². The van der Waals surface area contributed by atoms with E-state index in [1.165, 1.54) is 4.31 Å². The van der Waals surface area contributed by atoms with Crippen LogP contribution in [0.4, 0.5) is 13.2 Å². The number of aliphatic hydroxyl groups is 1. The van der Waals surface area contributed by atoms with E-state index < -0.39 is 40.4 Å². The molecular formula is C10H18F3NO3S. The highest BCUT2D eigenvalue weighted by atomic mass is 32.2. The third-order valence-corrected chi connectivity index (χ3v) is 5.01. The molecule has 1 fully saturated rings. The molecule has 4 nitrogen and oxygen atoms in total. The second-order valence-electron chi connectivity index (χ2n) is 4.93. The van der Waals surface area contributed by atoms with E-state index in [1.54, 1.807) is 6.92 Å². The van der Waals surface area contributed by atoms with E-state index in [0.717, 1.165) is 0 Å². The van der Waals surface area contributed by atoms with Crippen molar-refractivity contribution in [3.63, 3.8) is 0 Å². The topological polar surface area (TPSA) is 57.6 Å². The smallest absolute Gasteiger partial charge is 0.389 e.